The Hall–Kier alpha value is -1.13. The lowest BCUT2D eigenvalue weighted by Gasteiger charge is -2.19. The van der Waals surface area contributed by atoms with Crippen LogP contribution in [0.3, 0.4) is 0 Å². The van der Waals surface area contributed by atoms with Gasteiger partial charge >= 0.3 is 0 Å². The number of hydrogen-bond donors (Lipinski definition) is 0. The van der Waals surface area contributed by atoms with Crippen molar-refractivity contribution >= 4 is 46.6 Å². The lowest BCUT2D eigenvalue weighted by molar-refractivity contribution is 0.683. The Labute approximate surface area is 154 Å². The second-order valence-electron chi connectivity index (χ2n) is 4.99. The third kappa shape index (κ3) is 4.45. The molecule has 0 N–H and O–H groups in total. The highest BCUT2D eigenvalue weighted by Gasteiger charge is 2.17. The van der Waals surface area contributed by atoms with Crippen LogP contribution in [0.5, 0.6) is 0 Å². The molecule has 1 atom stereocenters. The van der Waals surface area contributed by atoms with Gasteiger partial charge in [0.2, 0.25) is 0 Å². The van der Waals surface area contributed by atoms with Crippen LogP contribution < -0.4 is 0 Å². The van der Waals surface area contributed by atoms with Crippen LogP contribution in [0, 0.1) is 0 Å². The summed E-state index contributed by atoms with van der Waals surface area (Å²) in [5.41, 5.74) is 1.05. The van der Waals surface area contributed by atoms with Gasteiger partial charge in [-0.25, -0.2) is 4.98 Å². The lowest BCUT2D eigenvalue weighted by atomic mass is 10.1. The molecule has 0 radical (unpaired) electrons. The fourth-order valence-electron chi connectivity index (χ4n) is 2.23. The van der Waals surface area contributed by atoms with Crippen LogP contribution in [0.1, 0.15) is 10.8 Å². The molecule has 3 rings (SSSR count). The Morgan fingerprint density at radius 3 is 2.39 bits per heavy atom. The number of thioether (sulfide) groups is 1. The van der Waals surface area contributed by atoms with Crippen molar-refractivity contribution in [2.45, 2.75) is 16.7 Å². The van der Waals surface area contributed by atoms with Crippen molar-refractivity contribution in [3.8, 4) is 0 Å². The van der Waals surface area contributed by atoms with Crippen LogP contribution in [-0.4, -0.2) is 9.55 Å². The van der Waals surface area contributed by atoms with Crippen LogP contribution in [0.2, 0.25) is 15.1 Å². The molecule has 6 heteroatoms. The number of rotatable bonds is 5. The van der Waals surface area contributed by atoms with E-state index in [2.05, 4.69) is 4.98 Å². The molecule has 0 saturated heterocycles. The molecular formula is C17H13Cl3N2S. The molecule has 2 aromatic carbocycles. The molecule has 0 spiro atoms. The van der Waals surface area contributed by atoms with Crippen molar-refractivity contribution in [1.29, 1.82) is 0 Å². The number of hydrogen-bond acceptors (Lipinski definition) is 2. The summed E-state index contributed by atoms with van der Waals surface area (Å²) < 4.78 is 2.04. The van der Waals surface area contributed by atoms with Gasteiger partial charge in [-0.1, -0.05) is 40.9 Å². The summed E-state index contributed by atoms with van der Waals surface area (Å²) in [6, 6.07) is 13.4. The molecule has 1 aromatic heterocycles. The third-order valence-corrected chi connectivity index (χ3v) is 5.38. The number of nitrogens with zero attached hydrogens (tertiary/aromatic N) is 2. The minimum Gasteiger partial charge on any atom is -0.336 e. The lowest BCUT2D eigenvalue weighted by Crippen LogP contribution is -2.05. The quantitative estimate of drug-likeness (QED) is 0.476. The molecule has 0 amide bonds. The molecule has 0 aliphatic carbocycles. The summed E-state index contributed by atoms with van der Waals surface area (Å²) in [5.74, 6) is 0. The van der Waals surface area contributed by atoms with Gasteiger partial charge in [0.05, 0.1) is 11.6 Å². The molecule has 118 valence electrons. The SMILES string of the molecule is Clc1ccc(SC(Cn2ccnc2)c2ccc(Cl)cc2Cl)cc1. The summed E-state index contributed by atoms with van der Waals surface area (Å²) in [5, 5.41) is 2.17. The van der Waals surface area contributed by atoms with E-state index in [0.717, 1.165) is 22.0 Å². The van der Waals surface area contributed by atoms with E-state index in [9.17, 15) is 0 Å². The van der Waals surface area contributed by atoms with Gasteiger partial charge < -0.3 is 4.57 Å². The monoisotopic (exact) mass is 382 g/mol. The number of imidazole rings is 1. The second-order valence-corrected chi connectivity index (χ2v) is 7.54. The second kappa shape index (κ2) is 7.63. The smallest absolute Gasteiger partial charge is 0.0946 e. The Balaban J connectivity index is 1.90. The van der Waals surface area contributed by atoms with Crippen molar-refractivity contribution in [2.75, 3.05) is 0 Å². The molecule has 2 nitrogen and oxygen atoms in total. The van der Waals surface area contributed by atoms with Gasteiger partial charge in [-0.05, 0) is 42.0 Å². The minimum atomic E-state index is 0.134. The maximum Gasteiger partial charge on any atom is 0.0946 e. The fraction of sp³-hybridized carbons (Fsp3) is 0.118. The first-order valence-corrected chi connectivity index (χ1v) is 8.96. The standard InChI is InChI=1S/C17H13Cl3N2S/c18-12-1-4-14(5-2-12)23-17(10-22-8-7-21-11-22)15-6-3-13(19)9-16(15)20/h1-9,11,17H,10H2. The zero-order valence-electron chi connectivity index (χ0n) is 12.0. The summed E-state index contributed by atoms with van der Waals surface area (Å²) in [6.07, 6.45) is 5.52. The van der Waals surface area contributed by atoms with Gasteiger partial charge in [0.25, 0.3) is 0 Å². The van der Waals surface area contributed by atoms with E-state index < -0.39 is 0 Å². The summed E-state index contributed by atoms with van der Waals surface area (Å²) in [7, 11) is 0. The Kier molecular flexibility index (Phi) is 5.54. The van der Waals surface area contributed by atoms with Gasteiger partial charge in [0.1, 0.15) is 0 Å². The molecule has 1 unspecified atom stereocenters. The molecule has 0 bridgehead atoms. The van der Waals surface area contributed by atoms with E-state index in [1.54, 1.807) is 30.4 Å². The topological polar surface area (TPSA) is 17.8 Å². The Morgan fingerprint density at radius 2 is 1.74 bits per heavy atom. The maximum atomic E-state index is 6.41. The number of halogens is 3. The van der Waals surface area contributed by atoms with E-state index in [0.29, 0.717) is 10.0 Å². The van der Waals surface area contributed by atoms with Crippen molar-refractivity contribution in [2.24, 2.45) is 0 Å². The number of aromatic nitrogens is 2. The van der Waals surface area contributed by atoms with E-state index in [-0.39, 0.29) is 5.25 Å². The van der Waals surface area contributed by atoms with Crippen molar-refractivity contribution < 1.29 is 0 Å². The first-order chi connectivity index (χ1) is 11.1. The van der Waals surface area contributed by atoms with Crippen molar-refractivity contribution in [3.05, 3.63) is 81.8 Å². The van der Waals surface area contributed by atoms with Crippen molar-refractivity contribution in [1.82, 2.24) is 9.55 Å². The summed E-state index contributed by atoms with van der Waals surface area (Å²) in [4.78, 5) is 5.24. The zero-order valence-corrected chi connectivity index (χ0v) is 15.1. The predicted octanol–water partition coefficient (Wildman–Crippen LogP) is 6.38. The van der Waals surface area contributed by atoms with E-state index >= 15 is 0 Å². The Morgan fingerprint density at radius 1 is 1.00 bits per heavy atom. The average Bonchev–Trinajstić information content (AvgIpc) is 3.02. The molecular weight excluding hydrogens is 371 g/mol. The third-order valence-electron chi connectivity index (χ3n) is 3.34. The van der Waals surface area contributed by atoms with Crippen LogP contribution in [-0.2, 0) is 6.54 Å². The molecule has 0 saturated carbocycles. The molecule has 0 aliphatic rings. The van der Waals surface area contributed by atoms with Gasteiger partial charge in [0.15, 0.2) is 0 Å². The van der Waals surface area contributed by atoms with Crippen LogP contribution in [0.15, 0.2) is 66.1 Å². The Bertz CT molecular complexity index is 773. The van der Waals surface area contributed by atoms with Crippen LogP contribution in [0.25, 0.3) is 0 Å². The largest absolute Gasteiger partial charge is 0.336 e. The molecule has 1 heterocycles. The van der Waals surface area contributed by atoms with Gasteiger partial charge in [-0.2, -0.15) is 0 Å². The predicted molar refractivity (Wildman–Crippen MR) is 98.7 cm³/mol. The zero-order chi connectivity index (χ0) is 16.2. The van der Waals surface area contributed by atoms with E-state index in [4.69, 9.17) is 34.8 Å². The van der Waals surface area contributed by atoms with E-state index in [1.807, 2.05) is 47.2 Å². The molecule has 23 heavy (non-hydrogen) atoms. The highest BCUT2D eigenvalue weighted by Crippen LogP contribution is 2.40. The summed E-state index contributed by atoms with van der Waals surface area (Å²) >= 11 is 20.1. The van der Waals surface area contributed by atoms with Gasteiger partial charge in [-0.3, -0.25) is 0 Å². The van der Waals surface area contributed by atoms with Crippen molar-refractivity contribution in [3.63, 3.8) is 0 Å². The van der Waals surface area contributed by atoms with Crippen LogP contribution >= 0.6 is 46.6 Å². The first kappa shape index (κ1) is 16.7. The highest BCUT2D eigenvalue weighted by molar-refractivity contribution is 7.99. The van der Waals surface area contributed by atoms with Gasteiger partial charge in [0, 0.05) is 38.9 Å². The number of benzene rings is 2. The molecule has 0 fully saturated rings. The van der Waals surface area contributed by atoms with Crippen LogP contribution in [0.4, 0.5) is 0 Å². The van der Waals surface area contributed by atoms with E-state index in [1.165, 1.54) is 0 Å². The summed E-state index contributed by atoms with van der Waals surface area (Å²) in [6.45, 7) is 0.759. The fourth-order valence-corrected chi connectivity index (χ4v) is 4.16. The normalized spacial score (nSPS) is 12.3. The average molecular weight is 384 g/mol. The first-order valence-electron chi connectivity index (χ1n) is 6.95. The molecule has 0 aliphatic heterocycles. The minimum absolute atomic E-state index is 0.134. The van der Waals surface area contributed by atoms with Gasteiger partial charge in [-0.15, -0.1) is 11.8 Å². The maximum absolute atomic E-state index is 6.41. The highest BCUT2D eigenvalue weighted by atomic mass is 35.5. The molecule has 3 aromatic rings.